The summed E-state index contributed by atoms with van der Waals surface area (Å²) >= 11 is 0. The van der Waals surface area contributed by atoms with Gasteiger partial charge in [-0.25, -0.2) is 0 Å². The van der Waals surface area contributed by atoms with Gasteiger partial charge in [0.1, 0.15) is 36.6 Å². The minimum absolute atomic E-state index is 0.201. The van der Waals surface area contributed by atoms with E-state index in [2.05, 4.69) is 16.6 Å². The maximum atomic E-state index is 11.5. The van der Waals surface area contributed by atoms with Gasteiger partial charge in [0.15, 0.2) is 25.2 Å². The van der Waals surface area contributed by atoms with Crippen molar-refractivity contribution >= 4 is 0 Å². The molecule has 12 heteroatoms. The Morgan fingerprint density at radius 2 is 1.45 bits per heavy atom. The first-order valence-electron chi connectivity index (χ1n) is 16.6. The maximum Gasteiger partial charge on any atom is 0.184 e. The number of benzene rings is 2. The zero-order chi connectivity index (χ0) is 32.6. The van der Waals surface area contributed by atoms with Gasteiger partial charge in [0.25, 0.3) is 0 Å². The van der Waals surface area contributed by atoms with Crippen LogP contribution in [0, 0.1) is 5.92 Å². The fourth-order valence-corrected chi connectivity index (χ4v) is 6.63. The minimum Gasteiger partial charge on any atom is -0.387 e. The van der Waals surface area contributed by atoms with E-state index in [0.29, 0.717) is 6.61 Å². The van der Waals surface area contributed by atoms with E-state index in [1.54, 1.807) is 0 Å². The van der Waals surface area contributed by atoms with Gasteiger partial charge in [0.05, 0.1) is 19.3 Å². The Morgan fingerprint density at radius 1 is 0.851 bits per heavy atom. The maximum absolute atomic E-state index is 11.5. The normalized spacial score (nSPS) is 36.8. The van der Waals surface area contributed by atoms with Gasteiger partial charge in [-0.1, -0.05) is 91.6 Å². The second kappa shape index (κ2) is 16.5. The van der Waals surface area contributed by atoms with Gasteiger partial charge in [0.2, 0.25) is 0 Å². The predicted molar refractivity (Wildman–Crippen MR) is 170 cm³/mol. The molecule has 0 aromatic heterocycles. The lowest BCUT2D eigenvalue weighted by Gasteiger charge is -2.51. The van der Waals surface area contributed by atoms with Crippen molar-refractivity contribution in [2.45, 2.75) is 107 Å². The summed E-state index contributed by atoms with van der Waals surface area (Å²) in [6, 6.07) is 18.3. The van der Waals surface area contributed by atoms with Gasteiger partial charge >= 0.3 is 0 Å². The molecule has 4 aliphatic heterocycles. The number of unbranched alkanes of at least 4 members (excludes halogenated alkanes) is 4. The van der Waals surface area contributed by atoms with Crippen LogP contribution < -0.4 is 0 Å². The molecule has 6 unspecified atom stereocenters. The molecule has 12 nitrogen and oxygen atoms in total. The summed E-state index contributed by atoms with van der Waals surface area (Å²) < 4.78 is 50.3. The Kier molecular flexibility index (Phi) is 11.9. The van der Waals surface area contributed by atoms with E-state index in [-0.39, 0.29) is 19.1 Å². The van der Waals surface area contributed by atoms with Gasteiger partial charge in [-0.2, -0.15) is 0 Å². The van der Waals surface area contributed by atoms with Crippen LogP contribution in [-0.2, 0) is 37.9 Å². The summed E-state index contributed by atoms with van der Waals surface area (Å²) in [5.41, 5.74) is 11.4. The molecule has 0 saturated carbocycles. The zero-order valence-corrected chi connectivity index (χ0v) is 26.7. The molecule has 0 amide bonds. The number of fused-ring (bicyclic) bond motifs is 2. The highest BCUT2D eigenvalue weighted by Gasteiger charge is 2.54. The Morgan fingerprint density at radius 3 is 2.09 bits per heavy atom. The van der Waals surface area contributed by atoms with Crippen LogP contribution in [0.3, 0.4) is 0 Å². The largest absolute Gasteiger partial charge is 0.387 e. The standard InChI is InChI=1S/C35H45N3O9/c1-3-4-5-6-7-14-19-40-34-27(37-38-36)31(30-26(43-34)21-42-33(46-30)24-17-12-9-13-18-24)47-35-28(39)22(2)29-25(44-35)20-41-32(45-29)23-15-10-8-11-16-23/h3,8-13,15-18,22,25-35,39H,1,4-7,14,19-21H2,2H3/t22-,25?,26?,27?,28?,29-,30-,31-,32?,33?,34-,35+/m1/s1. The molecule has 6 rings (SSSR count). The second-order valence-corrected chi connectivity index (χ2v) is 12.4. The quantitative estimate of drug-likeness (QED) is 0.0924. The minimum atomic E-state index is -1.08. The molecule has 1 N–H and O–H groups in total. The third kappa shape index (κ3) is 8.06. The van der Waals surface area contributed by atoms with Crippen molar-refractivity contribution in [1.29, 1.82) is 0 Å². The van der Waals surface area contributed by atoms with E-state index in [9.17, 15) is 10.6 Å². The zero-order valence-electron chi connectivity index (χ0n) is 26.7. The van der Waals surface area contributed by atoms with Gasteiger partial charge in [-0.15, -0.1) is 6.58 Å². The van der Waals surface area contributed by atoms with Crippen LogP contribution in [0.1, 0.15) is 62.7 Å². The van der Waals surface area contributed by atoms with Crippen LogP contribution in [0.25, 0.3) is 10.4 Å². The first-order valence-corrected chi connectivity index (χ1v) is 16.6. The van der Waals surface area contributed by atoms with Gasteiger partial charge in [-0.05, 0) is 24.8 Å². The van der Waals surface area contributed by atoms with Gasteiger partial charge in [-0.3, -0.25) is 0 Å². The molecule has 47 heavy (non-hydrogen) atoms. The number of aliphatic hydroxyl groups excluding tert-OH is 1. The van der Waals surface area contributed by atoms with Crippen LogP contribution in [0.15, 0.2) is 78.4 Å². The SMILES string of the molecule is C=CCCCCCCO[C@@H]1OC2COC(c3ccccc3)O[C@H]2[C@H](O[C@@H]2OC3COC(c4ccccc4)O[C@@H]3[C@H](C)C2O)C1N=[N+]=[N-]. The highest BCUT2D eigenvalue weighted by molar-refractivity contribution is 5.18. The lowest BCUT2D eigenvalue weighted by Crippen LogP contribution is -2.65. The number of azide groups is 1. The van der Waals surface area contributed by atoms with Crippen molar-refractivity contribution in [1.82, 2.24) is 0 Å². The van der Waals surface area contributed by atoms with Crippen molar-refractivity contribution in [3.8, 4) is 0 Å². The first kappa shape index (κ1) is 34.0. The fourth-order valence-electron chi connectivity index (χ4n) is 6.63. The van der Waals surface area contributed by atoms with Crippen molar-refractivity contribution < 1.29 is 43.0 Å². The molecular weight excluding hydrogens is 606 g/mol. The molecule has 4 heterocycles. The summed E-state index contributed by atoms with van der Waals surface area (Å²) in [4.78, 5) is 3.13. The summed E-state index contributed by atoms with van der Waals surface area (Å²) in [5.74, 6) is -0.358. The second-order valence-electron chi connectivity index (χ2n) is 12.4. The van der Waals surface area contributed by atoms with Crippen molar-refractivity contribution in [2.75, 3.05) is 19.8 Å². The summed E-state index contributed by atoms with van der Waals surface area (Å²) in [7, 11) is 0. The number of nitrogens with zero attached hydrogens (tertiary/aromatic N) is 3. The Bertz CT molecular complexity index is 1310. The number of ether oxygens (including phenoxy) is 8. The average Bonchev–Trinajstić information content (AvgIpc) is 3.11. The first-order chi connectivity index (χ1) is 23.1. The monoisotopic (exact) mass is 651 g/mol. The molecule has 2 aromatic rings. The van der Waals surface area contributed by atoms with Crippen molar-refractivity contribution in [2.24, 2.45) is 11.0 Å². The third-order valence-corrected chi connectivity index (χ3v) is 9.22. The Labute approximate surface area is 275 Å². The molecular formula is C35H45N3O9. The lowest BCUT2D eigenvalue weighted by molar-refractivity contribution is -0.388. The number of hydrogen-bond acceptors (Lipinski definition) is 10. The predicted octanol–water partition coefficient (Wildman–Crippen LogP) is 5.88. The molecule has 254 valence electrons. The fraction of sp³-hybridized carbons (Fsp3) is 0.600. The highest BCUT2D eigenvalue weighted by atomic mass is 16.8. The van der Waals surface area contributed by atoms with Crippen LogP contribution >= 0.6 is 0 Å². The topological polar surface area (TPSA) is 143 Å². The average molecular weight is 652 g/mol. The van der Waals surface area contributed by atoms with E-state index in [1.807, 2.05) is 73.7 Å². The third-order valence-electron chi connectivity index (χ3n) is 9.22. The van der Waals surface area contributed by atoms with Crippen LogP contribution in [-0.4, -0.2) is 80.2 Å². The van der Waals surface area contributed by atoms with E-state index >= 15 is 0 Å². The van der Waals surface area contributed by atoms with E-state index in [0.717, 1.165) is 43.2 Å². The molecule has 4 saturated heterocycles. The summed E-state index contributed by atoms with van der Waals surface area (Å²) in [6.45, 7) is 6.55. The number of allylic oxidation sites excluding steroid dienone is 1. The van der Waals surface area contributed by atoms with Crippen LogP contribution in [0.4, 0.5) is 0 Å². The number of hydrogen-bond donors (Lipinski definition) is 1. The number of aliphatic hydroxyl groups is 1. The molecule has 0 spiro atoms. The molecule has 0 radical (unpaired) electrons. The van der Waals surface area contributed by atoms with E-state index < -0.39 is 67.8 Å². The van der Waals surface area contributed by atoms with Gasteiger partial charge < -0.3 is 43.0 Å². The Balaban J connectivity index is 1.19. The molecule has 12 atom stereocenters. The molecule has 4 fully saturated rings. The highest BCUT2D eigenvalue weighted by Crippen LogP contribution is 2.41. The molecule has 0 bridgehead atoms. The van der Waals surface area contributed by atoms with Gasteiger partial charge in [0, 0.05) is 28.6 Å². The van der Waals surface area contributed by atoms with Crippen LogP contribution in [0.5, 0.6) is 0 Å². The number of rotatable bonds is 13. The molecule has 4 aliphatic rings. The van der Waals surface area contributed by atoms with E-state index in [1.165, 1.54) is 0 Å². The lowest BCUT2D eigenvalue weighted by atomic mass is 9.89. The van der Waals surface area contributed by atoms with Crippen LogP contribution in [0.2, 0.25) is 0 Å². The Hall–Kier alpha value is -2.87. The smallest absolute Gasteiger partial charge is 0.184 e. The molecule has 2 aromatic carbocycles. The molecule has 0 aliphatic carbocycles. The van der Waals surface area contributed by atoms with Crippen molar-refractivity contribution in [3.63, 3.8) is 0 Å². The summed E-state index contributed by atoms with van der Waals surface area (Å²) in [6.07, 6.45) is -0.556. The van der Waals surface area contributed by atoms with Crippen molar-refractivity contribution in [3.05, 3.63) is 94.9 Å². The van der Waals surface area contributed by atoms with E-state index in [4.69, 9.17) is 37.9 Å². The summed E-state index contributed by atoms with van der Waals surface area (Å²) in [5, 5.41) is 15.6.